The first-order valence-corrected chi connectivity index (χ1v) is 5.33. The standard InChI is InChI=1S/C12H12FN3O/c1-3-8-6-14-5-4-9(8)11-15-7(2)10(13)12(17)16-11/h4-6H,3H2,1-2H3,(H,15,16,17). The number of halogens is 1. The highest BCUT2D eigenvalue weighted by Gasteiger charge is 2.10. The molecule has 0 atom stereocenters. The summed E-state index contributed by atoms with van der Waals surface area (Å²) >= 11 is 0. The third-order valence-corrected chi connectivity index (χ3v) is 2.57. The first-order chi connectivity index (χ1) is 8.13. The number of pyridine rings is 1. The minimum atomic E-state index is -0.833. The molecule has 0 aliphatic rings. The van der Waals surface area contributed by atoms with Crippen LogP contribution in [-0.4, -0.2) is 15.0 Å². The summed E-state index contributed by atoms with van der Waals surface area (Å²) in [5.41, 5.74) is 1.10. The molecular formula is C12H12FN3O. The van der Waals surface area contributed by atoms with Gasteiger partial charge in [-0.05, 0) is 25.0 Å². The maximum Gasteiger partial charge on any atom is 0.287 e. The maximum atomic E-state index is 13.2. The SMILES string of the molecule is CCc1cnccc1-c1nc(C)c(F)c(=O)[nH]1. The van der Waals surface area contributed by atoms with Crippen LogP contribution in [-0.2, 0) is 6.42 Å². The first kappa shape index (κ1) is 11.4. The number of aromatic amines is 1. The van der Waals surface area contributed by atoms with Crippen molar-refractivity contribution in [3.8, 4) is 11.4 Å². The van der Waals surface area contributed by atoms with Crippen molar-refractivity contribution < 1.29 is 4.39 Å². The highest BCUT2D eigenvalue weighted by atomic mass is 19.1. The lowest BCUT2D eigenvalue weighted by molar-refractivity contribution is 0.589. The van der Waals surface area contributed by atoms with Crippen LogP contribution in [0.5, 0.6) is 0 Å². The van der Waals surface area contributed by atoms with Gasteiger partial charge in [0.15, 0.2) is 0 Å². The van der Waals surface area contributed by atoms with E-state index in [-0.39, 0.29) is 5.69 Å². The van der Waals surface area contributed by atoms with E-state index in [0.29, 0.717) is 5.82 Å². The average Bonchev–Trinajstić information content (AvgIpc) is 2.35. The second-order valence-corrected chi connectivity index (χ2v) is 3.70. The normalized spacial score (nSPS) is 10.5. The quantitative estimate of drug-likeness (QED) is 0.861. The van der Waals surface area contributed by atoms with Gasteiger partial charge in [-0.3, -0.25) is 9.78 Å². The van der Waals surface area contributed by atoms with Crippen LogP contribution in [0.4, 0.5) is 4.39 Å². The van der Waals surface area contributed by atoms with Gasteiger partial charge in [-0.15, -0.1) is 0 Å². The number of hydrogen-bond donors (Lipinski definition) is 1. The third-order valence-electron chi connectivity index (χ3n) is 2.57. The van der Waals surface area contributed by atoms with Gasteiger partial charge >= 0.3 is 0 Å². The molecule has 4 nitrogen and oxygen atoms in total. The minimum Gasteiger partial charge on any atom is -0.304 e. The van der Waals surface area contributed by atoms with E-state index in [4.69, 9.17) is 0 Å². The molecule has 2 rings (SSSR count). The number of aryl methyl sites for hydroxylation is 2. The number of rotatable bonds is 2. The lowest BCUT2D eigenvalue weighted by atomic mass is 10.1. The number of nitrogens with one attached hydrogen (secondary N) is 1. The van der Waals surface area contributed by atoms with Crippen LogP contribution in [0.3, 0.4) is 0 Å². The molecule has 0 fully saturated rings. The molecule has 0 radical (unpaired) electrons. The molecule has 0 saturated heterocycles. The van der Waals surface area contributed by atoms with Gasteiger partial charge in [-0.1, -0.05) is 6.92 Å². The van der Waals surface area contributed by atoms with Gasteiger partial charge in [-0.25, -0.2) is 4.98 Å². The predicted octanol–water partition coefficient (Wildman–Crippen LogP) is 1.84. The number of hydrogen-bond acceptors (Lipinski definition) is 3. The van der Waals surface area contributed by atoms with Crippen LogP contribution in [0.1, 0.15) is 18.2 Å². The van der Waals surface area contributed by atoms with Crippen LogP contribution in [0.25, 0.3) is 11.4 Å². The summed E-state index contributed by atoms with van der Waals surface area (Å²) in [5, 5.41) is 0. The van der Waals surface area contributed by atoms with Crippen LogP contribution < -0.4 is 5.56 Å². The summed E-state index contributed by atoms with van der Waals surface area (Å²) in [6.45, 7) is 3.45. The highest BCUT2D eigenvalue weighted by Crippen LogP contribution is 2.18. The largest absolute Gasteiger partial charge is 0.304 e. The molecule has 17 heavy (non-hydrogen) atoms. The molecule has 0 saturated carbocycles. The predicted molar refractivity (Wildman–Crippen MR) is 62.2 cm³/mol. The number of aromatic nitrogens is 3. The zero-order valence-corrected chi connectivity index (χ0v) is 9.62. The minimum absolute atomic E-state index is 0.0996. The summed E-state index contributed by atoms with van der Waals surface area (Å²) in [6, 6.07) is 1.76. The molecule has 0 aliphatic heterocycles. The summed E-state index contributed by atoms with van der Waals surface area (Å²) in [6.07, 6.45) is 4.10. The summed E-state index contributed by atoms with van der Waals surface area (Å²) in [5.74, 6) is -0.450. The van der Waals surface area contributed by atoms with Crippen molar-refractivity contribution in [1.82, 2.24) is 15.0 Å². The summed E-state index contributed by atoms with van der Waals surface area (Å²) in [4.78, 5) is 21.8. The number of H-pyrrole nitrogens is 1. The van der Waals surface area contributed by atoms with Gasteiger partial charge in [0.05, 0.1) is 5.69 Å². The molecule has 88 valence electrons. The van der Waals surface area contributed by atoms with Crippen molar-refractivity contribution in [3.63, 3.8) is 0 Å². The first-order valence-electron chi connectivity index (χ1n) is 5.33. The zero-order chi connectivity index (χ0) is 12.4. The van der Waals surface area contributed by atoms with Gasteiger partial charge in [0, 0.05) is 18.0 Å². The second-order valence-electron chi connectivity index (χ2n) is 3.70. The third kappa shape index (κ3) is 2.08. The van der Waals surface area contributed by atoms with E-state index >= 15 is 0 Å². The van der Waals surface area contributed by atoms with Crippen molar-refractivity contribution in [3.05, 3.63) is 45.9 Å². The fourth-order valence-electron chi connectivity index (χ4n) is 1.64. The molecule has 0 bridgehead atoms. The molecular weight excluding hydrogens is 221 g/mol. The smallest absolute Gasteiger partial charge is 0.287 e. The van der Waals surface area contributed by atoms with E-state index in [1.165, 1.54) is 6.92 Å². The van der Waals surface area contributed by atoms with Gasteiger partial charge in [0.1, 0.15) is 5.82 Å². The Morgan fingerprint density at radius 1 is 1.47 bits per heavy atom. The van der Waals surface area contributed by atoms with Gasteiger partial charge in [-0.2, -0.15) is 4.39 Å². The molecule has 2 heterocycles. The Hall–Kier alpha value is -2.04. The van der Waals surface area contributed by atoms with Gasteiger partial charge < -0.3 is 4.98 Å². The van der Waals surface area contributed by atoms with Gasteiger partial charge in [0.2, 0.25) is 5.82 Å². The Morgan fingerprint density at radius 2 is 2.24 bits per heavy atom. The second kappa shape index (κ2) is 4.45. The molecule has 1 N–H and O–H groups in total. The molecule has 0 unspecified atom stereocenters. The van der Waals surface area contributed by atoms with E-state index in [9.17, 15) is 9.18 Å². The maximum absolute atomic E-state index is 13.2. The van der Waals surface area contributed by atoms with Crippen LogP contribution in [0, 0.1) is 12.7 Å². The summed E-state index contributed by atoms with van der Waals surface area (Å²) < 4.78 is 13.2. The van der Waals surface area contributed by atoms with Crippen molar-refractivity contribution in [1.29, 1.82) is 0 Å². The molecule has 0 spiro atoms. The zero-order valence-electron chi connectivity index (χ0n) is 9.62. The van der Waals surface area contributed by atoms with E-state index in [1.54, 1.807) is 18.5 Å². The fourth-order valence-corrected chi connectivity index (χ4v) is 1.64. The molecule has 0 aliphatic carbocycles. The Bertz CT molecular complexity index is 607. The highest BCUT2D eigenvalue weighted by molar-refractivity contribution is 5.59. The van der Waals surface area contributed by atoms with E-state index in [2.05, 4.69) is 15.0 Å². The lowest BCUT2D eigenvalue weighted by Gasteiger charge is -2.06. The fraction of sp³-hybridized carbons (Fsp3) is 0.250. The molecule has 5 heteroatoms. The Kier molecular flexibility index (Phi) is 2.99. The van der Waals surface area contributed by atoms with Crippen LogP contribution >= 0.6 is 0 Å². The van der Waals surface area contributed by atoms with Crippen LogP contribution in [0.15, 0.2) is 23.3 Å². The van der Waals surface area contributed by atoms with E-state index < -0.39 is 11.4 Å². The topological polar surface area (TPSA) is 58.6 Å². The Balaban J connectivity index is 2.65. The van der Waals surface area contributed by atoms with Crippen molar-refractivity contribution in [2.45, 2.75) is 20.3 Å². The van der Waals surface area contributed by atoms with Crippen LogP contribution in [0.2, 0.25) is 0 Å². The monoisotopic (exact) mass is 233 g/mol. The molecule has 2 aromatic heterocycles. The van der Waals surface area contributed by atoms with E-state index in [1.807, 2.05) is 6.92 Å². The van der Waals surface area contributed by atoms with Gasteiger partial charge in [0.25, 0.3) is 5.56 Å². The Labute approximate surface area is 97.6 Å². The lowest BCUT2D eigenvalue weighted by Crippen LogP contribution is -2.16. The summed E-state index contributed by atoms with van der Waals surface area (Å²) in [7, 11) is 0. The van der Waals surface area contributed by atoms with Crippen molar-refractivity contribution in [2.24, 2.45) is 0 Å². The molecule has 2 aromatic rings. The molecule has 0 aromatic carbocycles. The molecule has 0 amide bonds. The van der Waals surface area contributed by atoms with Crippen molar-refractivity contribution in [2.75, 3.05) is 0 Å². The Morgan fingerprint density at radius 3 is 2.88 bits per heavy atom. The van der Waals surface area contributed by atoms with Crippen molar-refractivity contribution >= 4 is 0 Å². The number of nitrogens with zero attached hydrogens (tertiary/aromatic N) is 2. The van der Waals surface area contributed by atoms with E-state index in [0.717, 1.165) is 17.5 Å². The average molecular weight is 233 g/mol.